The third-order valence-corrected chi connectivity index (χ3v) is 4.04. The normalized spacial score (nSPS) is 21.9. The first kappa shape index (κ1) is 14.2. The lowest BCUT2D eigenvalue weighted by atomic mass is 10.0. The highest BCUT2D eigenvalue weighted by atomic mass is 19.1. The molecule has 2 aromatic rings. The lowest BCUT2D eigenvalue weighted by Gasteiger charge is -2.16. The summed E-state index contributed by atoms with van der Waals surface area (Å²) in [6.07, 6.45) is 3.36. The van der Waals surface area contributed by atoms with E-state index in [0.717, 1.165) is 24.9 Å². The maximum absolute atomic E-state index is 13.5. The van der Waals surface area contributed by atoms with Gasteiger partial charge in [-0.3, -0.25) is 0 Å². The number of likely N-dealkylation sites (N-methyl/N-ethyl adjacent to an activating group) is 1. The molecular formula is C16H20FN3O. The number of benzene rings is 1. The fourth-order valence-electron chi connectivity index (χ4n) is 3.13. The summed E-state index contributed by atoms with van der Waals surface area (Å²) < 4.78 is 18.9. The lowest BCUT2D eigenvalue weighted by Crippen LogP contribution is -2.31. The molecule has 5 heteroatoms. The quantitative estimate of drug-likeness (QED) is 0.937. The highest BCUT2D eigenvalue weighted by Crippen LogP contribution is 2.34. The molecule has 0 radical (unpaired) electrons. The van der Waals surface area contributed by atoms with E-state index in [1.807, 2.05) is 13.0 Å². The van der Waals surface area contributed by atoms with E-state index < -0.39 is 0 Å². The predicted octanol–water partition coefficient (Wildman–Crippen LogP) is 3.43. The Morgan fingerprint density at radius 1 is 1.33 bits per heavy atom. The number of halogens is 1. The van der Waals surface area contributed by atoms with Gasteiger partial charge in [-0.1, -0.05) is 18.5 Å². The maximum Gasteiger partial charge on any atom is 0.231 e. The molecule has 0 amide bonds. The van der Waals surface area contributed by atoms with Crippen molar-refractivity contribution in [2.24, 2.45) is 0 Å². The molecule has 2 atom stereocenters. The number of aryl methyl sites for hydroxylation is 1. The molecule has 1 aliphatic carbocycles. The van der Waals surface area contributed by atoms with Gasteiger partial charge in [0.1, 0.15) is 5.82 Å². The Kier molecular flexibility index (Phi) is 4.01. The van der Waals surface area contributed by atoms with Gasteiger partial charge in [0.05, 0.1) is 5.92 Å². The fraction of sp³-hybridized carbons (Fsp3) is 0.500. The molecule has 1 saturated carbocycles. The number of rotatable bonds is 4. The fourth-order valence-corrected chi connectivity index (χ4v) is 3.13. The largest absolute Gasteiger partial charge is 0.339 e. The summed E-state index contributed by atoms with van der Waals surface area (Å²) in [4.78, 5) is 4.49. The van der Waals surface area contributed by atoms with Crippen LogP contribution in [0.4, 0.5) is 4.39 Å². The standard InChI is InChI=1S/C16H20FN3O/c1-3-18-14-6-4-5-13(14)16-19-15(20-21-16)11-7-10(2)8-12(17)9-11/h7-9,13-14,18H,3-6H2,1-2H3. The third-order valence-electron chi connectivity index (χ3n) is 4.04. The first-order valence-corrected chi connectivity index (χ1v) is 7.52. The molecule has 1 heterocycles. The monoisotopic (exact) mass is 289 g/mol. The van der Waals surface area contributed by atoms with Crippen molar-refractivity contribution in [1.82, 2.24) is 15.5 Å². The molecule has 1 N–H and O–H groups in total. The summed E-state index contributed by atoms with van der Waals surface area (Å²) in [5.41, 5.74) is 1.52. The zero-order chi connectivity index (χ0) is 14.8. The van der Waals surface area contributed by atoms with Crippen LogP contribution in [-0.2, 0) is 0 Å². The van der Waals surface area contributed by atoms with Crippen molar-refractivity contribution in [3.8, 4) is 11.4 Å². The second-order valence-corrected chi connectivity index (χ2v) is 5.68. The predicted molar refractivity (Wildman–Crippen MR) is 78.5 cm³/mol. The van der Waals surface area contributed by atoms with Crippen molar-refractivity contribution in [2.45, 2.75) is 45.1 Å². The van der Waals surface area contributed by atoms with E-state index in [-0.39, 0.29) is 11.7 Å². The molecule has 1 aliphatic rings. The summed E-state index contributed by atoms with van der Waals surface area (Å²) in [7, 11) is 0. The van der Waals surface area contributed by atoms with E-state index in [4.69, 9.17) is 4.52 Å². The number of hydrogen-bond donors (Lipinski definition) is 1. The number of nitrogens with one attached hydrogen (secondary N) is 1. The van der Waals surface area contributed by atoms with Crippen LogP contribution < -0.4 is 5.32 Å². The molecule has 0 aliphatic heterocycles. The van der Waals surface area contributed by atoms with Crippen molar-refractivity contribution < 1.29 is 8.91 Å². The molecule has 1 aromatic carbocycles. The average molecular weight is 289 g/mol. The van der Waals surface area contributed by atoms with Gasteiger partial charge in [-0.15, -0.1) is 0 Å². The lowest BCUT2D eigenvalue weighted by molar-refractivity contribution is 0.332. The van der Waals surface area contributed by atoms with E-state index in [0.29, 0.717) is 23.3 Å². The van der Waals surface area contributed by atoms with Crippen LogP contribution in [0, 0.1) is 12.7 Å². The van der Waals surface area contributed by atoms with Gasteiger partial charge < -0.3 is 9.84 Å². The van der Waals surface area contributed by atoms with Gasteiger partial charge in [0.15, 0.2) is 0 Å². The van der Waals surface area contributed by atoms with Gasteiger partial charge in [0, 0.05) is 11.6 Å². The summed E-state index contributed by atoms with van der Waals surface area (Å²) in [6.45, 7) is 4.89. The summed E-state index contributed by atoms with van der Waals surface area (Å²) in [5, 5.41) is 7.50. The van der Waals surface area contributed by atoms with E-state index in [1.54, 1.807) is 0 Å². The summed E-state index contributed by atoms with van der Waals surface area (Å²) in [6, 6.07) is 5.20. The number of nitrogens with zero attached hydrogens (tertiary/aromatic N) is 2. The molecule has 21 heavy (non-hydrogen) atoms. The van der Waals surface area contributed by atoms with Crippen molar-refractivity contribution >= 4 is 0 Å². The van der Waals surface area contributed by atoms with Gasteiger partial charge in [-0.05, 0) is 50.1 Å². The molecule has 4 nitrogen and oxygen atoms in total. The van der Waals surface area contributed by atoms with E-state index in [2.05, 4.69) is 22.4 Å². The molecule has 2 unspecified atom stereocenters. The van der Waals surface area contributed by atoms with Crippen molar-refractivity contribution in [1.29, 1.82) is 0 Å². The summed E-state index contributed by atoms with van der Waals surface area (Å²) >= 11 is 0. The van der Waals surface area contributed by atoms with Crippen LogP contribution in [0.1, 0.15) is 43.6 Å². The molecule has 3 rings (SSSR count). The SMILES string of the molecule is CCNC1CCCC1c1nc(-c2cc(C)cc(F)c2)no1. The Balaban J connectivity index is 1.86. The van der Waals surface area contributed by atoms with Gasteiger partial charge in [-0.2, -0.15) is 4.98 Å². The van der Waals surface area contributed by atoms with Crippen LogP contribution in [-0.4, -0.2) is 22.7 Å². The minimum Gasteiger partial charge on any atom is -0.339 e. The van der Waals surface area contributed by atoms with Crippen LogP contribution in [0.15, 0.2) is 22.7 Å². The second-order valence-electron chi connectivity index (χ2n) is 5.68. The minimum absolute atomic E-state index is 0.265. The van der Waals surface area contributed by atoms with Gasteiger partial charge >= 0.3 is 0 Å². The van der Waals surface area contributed by atoms with Crippen LogP contribution in [0.2, 0.25) is 0 Å². The smallest absolute Gasteiger partial charge is 0.231 e. The number of hydrogen-bond acceptors (Lipinski definition) is 4. The molecular weight excluding hydrogens is 269 g/mol. The molecule has 1 fully saturated rings. The Labute approximate surface area is 123 Å². The number of aromatic nitrogens is 2. The third kappa shape index (κ3) is 2.97. The van der Waals surface area contributed by atoms with E-state index in [9.17, 15) is 4.39 Å². The van der Waals surface area contributed by atoms with Crippen molar-refractivity contribution in [3.63, 3.8) is 0 Å². The van der Waals surface area contributed by atoms with Crippen molar-refractivity contribution in [2.75, 3.05) is 6.54 Å². The Morgan fingerprint density at radius 2 is 2.19 bits per heavy atom. The second kappa shape index (κ2) is 5.93. The Bertz CT molecular complexity index is 605. The molecule has 0 spiro atoms. The molecule has 112 valence electrons. The minimum atomic E-state index is -0.275. The van der Waals surface area contributed by atoms with E-state index in [1.165, 1.54) is 18.6 Å². The Morgan fingerprint density at radius 3 is 2.95 bits per heavy atom. The van der Waals surface area contributed by atoms with Crippen LogP contribution >= 0.6 is 0 Å². The van der Waals surface area contributed by atoms with Crippen LogP contribution in [0.25, 0.3) is 11.4 Å². The molecule has 0 saturated heterocycles. The molecule has 0 bridgehead atoms. The molecule has 1 aromatic heterocycles. The topological polar surface area (TPSA) is 51.0 Å². The zero-order valence-electron chi connectivity index (χ0n) is 12.4. The first-order chi connectivity index (χ1) is 10.2. The Hall–Kier alpha value is -1.75. The van der Waals surface area contributed by atoms with Crippen LogP contribution in [0.3, 0.4) is 0 Å². The van der Waals surface area contributed by atoms with Gasteiger partial charge in [0.2, 0.25) is 11.7 Å². The van der Waals surface area contributed by atoms with Gasteiger partial charge in [-0.25, -0.2) is 4.39 Å². The van der Waals surface area contributed by atoms with Crippen molar-refractivity contribution in [3.05, 3.63) is 35.5 Å². The maximum atomic E-state index is 13.5. The van der Waals surface area contributed by atoms with Crippen LogP contribution in [0.5, 0.6) is 0 Å². The zero-order valence-corrected chi connectivity index (χ0v) is 12.4. The average Bonchev–Trinajstić information content (AvgIpc) is 3.06. The highest BCUT2D eigenvalue weighted by molar-refractivity contribution is 5.55. The first-order valence-electron chi connectivity index (χ1n) is 7.52. The summed E-state index contributed by atoms with van der Waals surface area (Å²) in [5.74, 6) is 1.12. The van der Waals surface area contributed by atoms with E-state index >= 15 is 0 Å². The highest BCUT2D eigenvalue weighted by Gasteiger charge is 2.32. The van der Waals surface area contributed by atoms with Gasteiger partial charge in [0.25, 0.3) is 0 Å².